The SMILES string of the molecule is CC1CCC2=C(C(C)(C)O)CC(C)(C)CC21. The fraction of sp³-hybridized carbons (Fsp3) is 0.867. The molecule has 16 heavy (non-hydrogen) atoms. The van der Waals surface area contributed by atoms with Crippen molar-refractivity contribution in [2.24, 2.45) is 17.3 Å². The van der Waals surface area contributed by atoms with Gasteiger partial charge in [-0.25, -0.2) is 0 Å². The summed E-state index contributed by atoms with van der Waals surface area (Å²) in [4.78, 5) is 0. The third-order valence-electron chi connectivity index (χ3n) is 4.56. The van der Waals surface area contributed by atoms with Gasteiger partial charge in [0.25, 0.3) is 0 Å². The Morgan fingerprint density at radius 1 is 1.31 bits per heavy atom. The number of allylic oxidation sites excluding steroid dienone is 1. The first-order chi connectivity index (χ1) is 7.21. The van der Waals surface area contributed by atoms with Gasteiger partial charge in [-0.05, 0) is 62.4 Å². The van der Waals surface area contributed by atoms with E-state index in [1.165, 1.54) is 24.8 Å². The number of fused-ring (bicyclic) bond motifs is 1. The monoisotopic (exact) mass is 222 g/mol. The van der Waals surface area contributed by atoms with Crippen LogP contribution in [0.3, 0.4) is 0 Å². The minimum Gasteiger partial charge on any atom is -0.386 e. The summed E-state index contributed by atoms with van der Waals surface area (Å²) in [6.07, 6.45) is 4.93. The van der Waals surface area contributed by atoms with Crippen LogP contribution in [0.2, 0.25) is 0 Å². The first kappa shape index (κ1) is 12.2. The zero-order valence-corrected chi connectivity index (χ0v) is 11.4. The molecule has 1 heteroatoms. The summed E-state index contributed by atoms with van der Waals surface area (Å²) in [5, 5.41) is 10.4. The van der Waals surface area contributed by atoms with Gasteiger partial charge >= 0.3 is 0 Å². The van der Waals surface area contributed by atoms with E-state index in [1.807, 2.05) is 13.8 Å². The predicted molar refractivity (Wildman–Crippen MR) is 68.2 cm³/mol. The van der Waals surface area contributed by atoms with Crippen LogP contribution in [0.15, 0.2) is 11.1 Å². The van der Waals surface area contributed by atoms with Gasteiger partial charge in [-0.15, -0.1) is 0 Å². The summed E-state index contributed by atoms with van der Waals surface area (Å²) < 4.78 is 0. The first-order valence-corrected chi connectivity index (χ1v) is 6.65. The second-order valence-corrected chi connectivity index (χ2v) is 7.23. The molecule has 0 saturated heterocycles. The van der Waals surface area contributed by atoms with E-state index in [4.69, 9.17) is 0 Å². The van der Waals surface area contributed by atoms with Crippen LogP contribution < -0.4 is 0 Å². The molecule has 0 aromatic heterocycles. The van der Waals surface area contributed by atoms with E-state index in [2.05, 4.69) is 20.8 Å². The van der Waals surface area contributed by atoms with Crippen molar-refractivity contribution in [2.45, 2.75) is 65.9 Å². The van der Waals surface area contributed by atoms with Gasteiger partial charge in [0.15, 0.2) is 0 Å². The summed E-state index contributed by atoms with van der Waals surface area (Å²) in [6, 6.07) is 0. The molecular weight excluding hydrogens is 196 g/mol. The van der Waals surface area contributed by atoms with E-state index in [0.717, 1.165) is 18.3 Å². The fourth-order valence-electron chi connectivity index (χ4n) is 3.68. The highest BCUT2D eigenvalue weighted by atomic mass is 16.3. The molecule has 0 aromatic rings. The summed E-state index contributed by atoms with van der Waals surface area (Å²) in [5.41, 5.74) is 2.69. The van der Waals surface area contributed by atoms with Gasteiger partial charge in [0.2, 0.25) is 0 Å². The Morgan fingerprint density at radius 3 is 2.50 bits per heavy atom. The smallest absolute Gasteiger partial charge is 0.0803 e. The van der Waals surface area contributed by atoms with Crippen molar-refractivity contribution in [1.29, 1.82) is 0 Å². The molecule has 0 spiro atoms. The van der Waals surface area contributed by atoms with Gasteiger partial charge in [0, 0.05) is 0 Å². The Hall–Kier alpha value is -0.300. The lowest BCUT2D eigenvalue weighted by Gasteiger charge is -2.41. The summed E-state index contributed by atoms with van der Waals surface area (Å²) in [5.74, 6) is 1.55. The van der Waals surface area contributed by atoms with Crippen LogP contribution in [-0.2, 0) is 0 Å². The standard InChI is InChI=1S/C15H26O/c1-10-6-7-11-12(10)8-14(2,3)9-13(11)15(4,5)16/h10,12,16H,6-9H2,1-5H3. The molecule has 0 amide bonds. The Kier molecular flexibility index (Phi) is 2.73. The Morgan fingerprint density at radius 2 is 1.94 bits per heavy atom. The summed E-state index contributed by atoms with van der Waals surface area (Å²) in [7, 11) is 0. The third-order valence-corrected chi connectivity index (χ3v) is 4.56. The van der Waals surface area contributed by atoms with Gasteiger partial charge in [-0.2, -0.15) is 0 Å². The second-order valence-electron chi connectivity index (χ2n) is 7.23. The molecule has 2 atom stereocenters. The van der Waals surface area contributed by atoms with Gasteiger partial charge in [0.1, 0.15) is 0 Å². The van der Waals surface area contributed by atoms with E-state index in [1.54, 1.807) is 5.57 Å². The van der Waals surface area contributed by atoms with Crippen molar-refractivity contribution in [1.82, 2.24) is 0 Å². The topological polar surface area (TPSA) is 20.2 Å². The fourth-order valence-corrected chi connectivity index (χ4v) is 3.68. The molecule has 0 bridgehead atoms. The highest BCUT2D eigenvalue weighted by Gasteiger charge is 2.42. The second kappa shape index (κ2) is 3.60. The van der Waals surface area contributed by atoms with E-state index in [0.29, 0.717) is 5.41 Å². The van der Waals surface area contributed by atoms with Crippen LogP contribution in [0.5, 0.6) is 0 Å². The van der Waals surface area contributed by atoms with E-state index < -0.39 is 5.60 Å². The lowest BCUT2D eigenvalue weighted by molar-refractivity contribution is 0.0944. The van der Waals surface area contributed by atoms with Crippen molar-refractivity contribution in [3.63, 3.8) is 0 Å². The molecule has 2 unspecified atom stereocenters. The Balaban J connectivity index is 2.42. The van der Waals surface area contributed by atoms with Crippen LogP contribution in [0, 0.1) is 17.3 Å². The van der Waals surface area contributed by atoms with Crippen LogP contribution in [-0.4, -0.2) is 10.7 Å². The number of hydrogen-bond donors (Lipinski definition) is 1. The van der Waals surface area contributed by atoms with Crippen LogP contribution in [0.1, 0.15) is 60.3 Å². The highest BCUT2D eigenvalue weighted by molar-refractivity contribution is 5.31. The van der Waals surface area contributed by atoms with Gasteiger partial charge < -0.3 is 5.11 Å². The quantitative estimate of drug-likeness (QED) is 0.667. The Bertz CT molecular complexity index is 317. The van der Waals surface area contributed by atoms with Crippen LogP contribution >= 0.6 is 0 Å². The normalized spacial score (nSPS) is 34.1. The number of rotatable bonds is 1. The molecule has 0 aromatic carbocycles. The van der Waals surface area contributed by atoms with Crippen molar-refractivity contribution >= 4 is 0 Å². The lowest BCUT2D eigenvalue weighted by atomic mass is 9.65. The zero-order chi connectivity index (χ0) is 12.1. The molecule has 92 valence electrons. The first-order valence-electron chi connectivity index (χ1n) is 6.65. The number of aliphatic hydroxyl groups is 1. The lowest BCUT2D eigenvalue weighted by Crippen LogP contribution is -2.34. The average molecular weight is 222 g/mol. The molecule has 0 heterocycles. The molecule has 0 radical (unpaired) electrons. The zero-order valence-electron chi connectivity index (χ0n) is 11.4. The molecule has 1 nitrogen and oxygen atoms in total. The van der Waals surface area contributed by atoms with E-state index in [9.17, 15) is 5.11 Å². The molecule has 2 rings (SSSR count). The molecule has 1 fully saturated rings. The largest absolute Gasteiger partial charge is 0.386 e. The van der Waals surface area contributed by atoms with Crippen molar-refractivity contribution < 1.29 is 5.11 Å². The van der Waals surface area contributed by atoms with E-state index in [-0.39, 0.29) is 0 Å². The van der Waals surface area contributed by atoms with Crippen molar-refractivity contribution in [3.8, 4) is 0 Å². The van der Waals surface area contributed by atoms with Crippen molar-refractivity contribution in [2.75, 3.05) is 0 Å². The van der Waals surface area contributed by atoms with E-state index >= 15 is 0 Å². The average Bonchev–Trinajstić information content (AvgIpc) is 2.44. The van der Waals surface area contributed by atoms with Crippen LogP contribution in [0.25, 0.3) is 0 Å². The van der Waals surface area contributed by atoms with Crippen molar-refractivity contribution in [3.05, 3.63) is 11.1 Å². The third kappa shape index (κ3) is 2.07. The minimum atomic E-state index is -0.616. The summed E-state index contributed by atoms with van der Waals surface area (Å²) in [6.45, 7) is 11.0. The molecule has 1 N–H and O–H groups in total. The van der Waals surface area contributed by atoms with Gasteiger partial charge in [0.05, 0.1) is 5.60 Å². The molecule has 2 aliphatic carbocycles. The molecule has 0 aliphatic heterocycles. The highest BCUT2D eigenvalue weighted by Crippen LogP contribution is 2.53. The predicted octanol–water partition coefficient (Wildman–Crippen LogP) is 3.92. The maximum absolute atomic E-state index is 10.4. The maximum atomic E-state index is 10.4. The molecule has 1 saturated carbocycles. The maximum Gasteiger partial charge on any atom is 0.0803 e. The Labute approximate surface area is 99.9 Å². The van der Waals surface area contributed by atoms with Gasteiger partial charge in [-0.3, -0.25) is 0 Å². The van der Waals surface area contributed by atoms with Gasteiger partial charge in [-0.1, -0.05) is 26.3 Å². The van der Waals surface area contributed by atoms with Crippen LogP contribution in [0.4, 0.5) is 0 Å². The molecular formula is C15H26O. The summed E-state index contributed by atoms with van der Waals surface area (Å²) >= 11 is 0. The number of hydrogen-bond acceptors (Lipinski definition) is 1. The molecule has 2 aliphatic rings. The minimum absolute atomic E-state index is 0.363.